The molecule has 15 heavy (non-hydrogen) atoms. The number of hydrogen-bond donors (Lipinski definition) is 0. The number of benzene rings is 1. The predicted octanol–water partition coefficient (Wildman–Crippen LogP) is 1.94. The van der Waals surface area contributed by atoms with Crippen LogP contribution < -0.4 is 0 Å². The molecule has 0 aliphatic carbocycles. The fraction of sp³-hybridized carbons (Fsp3) is 0.333. The zero-order valence-electron chi connectivity index (χ0n) is 8.53. The maximum absolute atomic E-state index is 11.5. The maximum atomic E-state index is 11.5. The molecule has 0 spiro atoms. The van der Waals surface area contributed by atoms with Crippen molar-refractivity contribution >= 4 is 11.9 Å². The number of aryl methyl sites for hydroxylation is 1. The van der Waals surface area contributed by atoms with Crippen molar-refractivity contribution in [2.45, 2.75) is 25.7 Å². The number of hydrogen-bond acceptors (Lipinski definition) is 3. The Morgan fingerprint density at radius 3 is 2.67 bits per heavy atom. The van der Waals surface area contributed by atoms with Crippen molar-refractivity contribution in [1.82, 2.24) is 0 Å². The van der Waals surface area contributed by atoms with Crippen molar-refractivity contribution < 1.29 is 14.3 Å². The SMILES string of the molecule is Cc1ccccc1C1CCC(=O)OC1=O. The molecule has 1 unspecified atom stereocenters. The van der Waals surface area contributed by atoms with Gasteiger partial charge in [-0.05, 0) is 24.5 Å². The molecule has 1 atom stereocenters. The predicted molar refractivity (Wildman–Crippen MR) is 54.3 cm³/mol. The third-order valence-electron chi connectivity index (χ3n) is 2.70. The molecule has 0 radical (unpaired) electrons. The Balaban J connectivity index is 2.28. The Morgan fingerprint density at radius 1 is 1.27 bits per heavy atom. The van der Waals surface area contributed by atoms with E-state index < -0.39 is 11.9 Å². The van der Waals surface area contributed by atoms with E-state index in [4.69, 9.17) is 0 Å². The second kappa shape index (κ2) is 3.85. The van der Waals surface area contributed by atoms with Crippen molar-refractivity contribution in [2.75, 3.05) is 0 Å². The van der Waals surface area contributed by atoms with Gasteiger partial charge in [0.1, 0.15) is 0 Å². The van der Waals surface area contributed by atoms with Gasteiger partial charge >= 0.3 is 11.9 Å². The topological polar surface area (TPSA) is 43.4 Å². The van der Waals surface area contributed by atoms with E-state index in [-0.39, 0.29) is 5.92 Å². The van der Waals surface area contributed by atoms with Crippen LogP contribution in [0.4, 0.5) is 0 Å². The summed E-state index contributed by atoms with van der Waals surface area (Å²) in [7, 11) is 0. The lowest BCUT2D eigenvalue weighted by Crippen LogP contribution is -2.26. The van der Waals surface area contributed by atoms with E-state index in [2.05, 4.69) is 4.74 Å². The van der Waals surface area contributed by atoms with E-state index >= 15 is 0 Å². The molecular weight excluding hydrogens is 192 g/mol. The van der Waals surface area contributed by atoms with Crippen molar-refractivity contribution in [3.8, 4) is 0 Å². The van der Waals surface area contributed by atoms with Gasteiger partial charge < -0.3 is 4.74 Å². The average molecular weight is 204 g/mol. The molecule has 1 aliphatic rings. The second-order valence-electron chi connectivity index (χ2n) is 3.74. The summed E-state index contributed by atoms with van der Waals surface area (Å²) in [6, 6.07) is 7.69. The highest BCUT2D eigenvalue weighted by Gasteiger charge is 2.30. The van der Waals surface area contributed by atoms with Gasteiger partial charge in [-0.2, -0.15) is 0 Å². The average Bonchev–Trinajstić information content (AvgIpc) is 2.20. The lowest BCUT2D eigenvalue weighted by atomic mass is 9.90. The van der Waals surface area contributed by atoms with Gasteiger partial charge in [0.2, 0.25) is 0 Å². The number of carbonyl (C=O) groups is 2. The zero-order valence-corrected chi connectivity index (χ0v) is 8.53. The summed E-state index contributed by atoms with van der Waals surface area (Å²) in [5.41, 5.74) is 2.03. The van der Waals surface area contributed by atoms with E-state index in [0.717, 1.165) is 11.1 Å². The van der Waals surface area contributed by atoms with Crippen LogP contribution in [0.15, 0.2) is 24.3 Å². The molecular formula is C12H12O3. The number of cyclic esters (lactones) is 2. The van der Waals surface area contributed by atoms with Gasteiger partial charge in [-0.3, -0.25) is 9.59 Å². The number of rotatable bonds is 1. The third kappa shape index (κ3) is 1.91. The van der Waals surface area contributed by atoms with E-state index in [9.17, 15) is 9.59 Å². The molecule has 1 aliphatic heterocycles. The summed E-state index contributed by atoms with van der Waals surface area (Å²) >= 11 is 0. The molecule has 0 N–H and O–H groups in total. The Hall–Kier alpha value is -1.64. The summed E-state index contributed by atoms with van der Waals surface area (Å²) in [5, 5.41) is 0. The van der Waals surface area contributed by atoms with Gasteiger partial charge in [0.25, 0.3) is 0 Å². The largest absolute Gasteiger partial charge is 0.393 e. The van der Waals surface area contributed by atoms with Crippen LogP contribution in [-0.2, 0) is 14.3 Å². The highest BCUT2D eigenvalue weighted by Crippen LogP contribution is 2.29. The standard InChI is InChI=1S/C12H12O3/c1-8-4-2-3-5-9(8)10-6-7-11(13)15-12(10)14/h2-5,10H,6-7H2,1H3. The van der Waals surface area contributed by atoms with Gasteiger partial charge in [0.05, 0.1) is 5.92 Å². The van der Waals surface area contributed by atoms with Crippen molar-refractivity contribution in [2.24, 2.45) is 0 Å². The second-order valence-corrected chi connectivity index (χ2v) is 3.74. The number of ether oxygens (including phenoxy) is 1. The van der Waals surface area contributed by atoms with E-state index in [1.165, 1.54) is 0 Å². The minimum absolute atomic E-state index is 0.274. The van der Waals surface area contributed by atoms with Crippen LogP contribution >= 0.6 is 0 Å². The summed E-state index contributed by atoms with van der Waals surface area (Å²) in [6.07, 6.45) is 0.882. The molecule has 3 heteroatoms. The Morgan fingerprint density at radius 2 is 2.00 bits per heavy atom. The fourth-order valence-corrected chi connectivity index (χ4v) is 1.87. The smallest absolute Gasteiger partial charge is 0.321 e. The molecule has 2 rings (SSSR count). The van der Waals surface area contributed by atoms with Crippen molar-refractivity contribution in [3.63, 3.8) is 0 Å². The molecule has 78 valence electrons. The molecule has 0 aromatic heterocycles. The third-order valence-corrected chi connectivity index (χ3v) is 2.70. The summed E-state index contributed by atoms with van der Waals surface area (Å²) in [6.45, 7) is 1.96. The highest BCUT2D eigenvalue weighted by molar-refractivity contribution is 5.92. The van der Waals surface area contributed by atoms with Crippen LogP contribution in [0.2, 0.25) is 0 Å². The first-order chi connectivity index (χ1) is 7.18. The fourth-order valence-electron chi connectivity index (χ4n) is 1.87. The number of esters is 2. The summed E-state index contributed by atoms with van der Waals surface area (Å²) in [4.78, 5) is 22.4. The van der Waals surface area contributed by atoms with Gasteiger partial charge in [-0.25, -0.2) is 0 Å². The van der Waals surface area contributed by atoms with Crippen LogP contribution in [0.25, 0.3) is 0 Å². The molecule has 0 bridgehead atoms. The molecule has 0 saturated carbocycles. The normalized spacial score (nSPS) is 21.3. The van der Waals surface area contributed by atoms with Crippen molar-refractivity contribution in [1.29, 1.82) is 0 Å². The van der Waals surface area contributed by atoms with Crippen LogP contribution in [0.1, 0.15) is 29.9 Å². The van der Waals surface area contributed by atoms with Gasteiger partial charge in [-0.1, -0.05) is 24.3 Å². The first-order valence-electron chi connectivity index (χ1n) is 4.98. The van der Waals surface area contributed by atoms with E-state index in [0.29, 0.717) is 12.8 Å². The minimum atomic E-state index is -0.416. The Bertz CT molecular complexity index is 409. The molecule has 0 amide bonds. The van der Waals surface area contributed by atoms with Gasteiger partial charge in [0, 0.05) is 6.42 Å². The zero-order chi connectivity index (χ0) is 10.8. The summed E-state index contributed by atoms with van der Waals surface area (Å²) < 4.78 is 4.63. The van der Waals surface area contributed by atoms with E-state index in [1.54, 1.807) is 0 Å². The first-order valence-corrected chi connectivity index (χ1v) is 4.98. The first kappa shape index (κ1) is 9.90. The van der Waals surface area contributed by atoms with Gasteiger partial charge in [0.15, 0.2) is 0 Å². The lowest BCUT2D eigenvalue weighted by Gasteiger charge is -2.21. The molecule has 1 fully saturated rings. The minimum Gasteiger partial charge on any atom is -0.393 e. The molecule has 1 aromatic rings. The van der Waals surface area contributed by atoms with Crippen LogP contribution in [-0.4, -0.2) is 11.9 Å². The van der Waals surface area contributed by atoms with Crippen molar-refractivity contribution in [3.05, 3.63) is 35.4 Å². The lowest BCUT2D eigenvalue weighted by molar-refractivity contribution is -0.164. The van der Waals surface area contributed by atoms with Crippen LogP contribution in [0.3, 0.4) is 0 Å². The van der Waals surface area contributed by atoms with Gasteiger partial charge in [-0.15, -0.1) is 0 Å². The van der Waals surface area contributed by atoms with E-state index in [1.807, 2.05) is 31.2 Å². The maximum Gasteiger partial charge on any atom is 0.321 e. The Labute approximate surface area is 88.1 Å². The molecule has 1 heterocycles. The monoisotopic (exact) mass is 204 g/mol. The summed E-state index contributed by atoms with van der Waals surface area (Å²) in [5.74, 6) is -1.10. The quantitative estimate of drug-likeness (QED) is 0.518. The molecule has 3 nitrogen and oxygen atoms in total. The Kier molecular flexibility index (Phi) is 2.54. The molecule has 1 aromatic carbocycles. The number of carbonyl (C=O) groups excluding carboxylic acids is 2. The van der Waals surface area contributed by atoms with Crippen LogP contribution in [0.5, 0.6) is 0 Å². The highest BCUT2D eigenvalue weighted by atomic mass is 16.6. The molecule has 1 saturated heterocycles. The van der Waals surface area contributed by atoms with Crippen LogP contribution in [0, 0.1) is 6.92 Å².